The summed E-state index contributed by atoms with van der Waals surface area (Å²) in [5, 5.41) is 7.58. The van der Waals surface area contributed by atoms with E-state index in [9.17, 15) is 19.4 Å². The molecular weight excluding hydrogens is 167 g/mol. The van der Waals surface area contributed by atoms with Crippen LogP contribution in [-0.4, -0.2) is 10.5 Å². The molecule has 0 bridgehead atoms. The maximum Gasteiger partial charge on any atom is 0.308 e. The minimum Gasteiger partial charge on any atom is -0.374 e. The van der Waals surface area contributed by atoms with Gasteiger partial charge in [0.2, 0.25) is 0 Å². The van der Waals surface area contributed by atoms with Gasteiger partial charge in [-0.15, -0.1) is 0 Å². The molecule has 0 fully saturated rings. The Kier molecular flexibility index (Phi) is 1.19. The highest BCUT2D eigenvalue weighted by Gasteiger charge is 2.68. The summed E-state index contributed by atoms with van der Waals surface area (Å²) in [6.07, 6.45) is 0. The summed E-state index contributed by atoms with van der Waals surface area (Å²) in [6, 6.07) is 0. The Morgan fingerprint density at radius 3 is 1.22 bits per heavy atom. The van der Waals surface area contributed by atoms with Crippen molar-refractivity contribution in [3.05, 3.63) is 0 Å². The van der Waals surface area contributed by atoms with E-state index in [-0.39, 0.29) is 6.92 Å². The first kappa shape index (κ1) is 8.96. The van der Waals surface area contributed by atoms with Crippen LogP contribution < -0.4 is 0 Å². The van der Waals surface area contributed by atoms with Crippen molar-refractivity contribution >= 4 is 10.2 Å². The van der Waals surface area contributed by atoms with E-state index in [2.05, 4.69) is 0 Å². The van der Waals surface area contributed by atoms with E-state index in [0.717, 1.165) is 0 Å². The molecule has 0 aromatic carbocycles. The standard InChI is InChI=1S/C2H5F5OS/c1-2(8)9(3,4,5,6)7/h2,8H,1H3. The molecule has 0 aliphatic carbocycles. The van der Waals surface area contributed by atoms with Gasteiger partial charge in [0.15, 0.2) is 5.44 Å². The predicted molar refractivity (Wildman–Crippen MR) is 24.8 cm³/mol. The lowest BCUT2D eigenvalue weighted by Gasteiger charge is -2.42. The van der Waals surface area contributed by atoms with E-state index < -0.39 is 15.7 Å². The minimum atomic E-state index is -9.56. The molecule has 1 atom stereocenters. The molecule has 0 amide bonds. The Morgan fingerprint density at radius 2 is 1.22 bits per heavy atom. The van der Waals surface area contributed by atoms with Crippen LogP contribution in [0.25, 0.3) is 0 Å². The van der Waals surface area contributed by atoms with Crippen molar-refractivity contribution in [3.8, 4) is 0 Å². The highest BCUT2D eigenvalue weighted by molar-refractivity contribution is 8.46. The first-order valence-electron chi connectivity index (χ1n) is 1.84. The van der Waals surface area contributed by atoms with E-state index in [1.54, 1.807) is 0 Å². The van der Waals surface area contributed by atoms with Crippen molar-refractivity contribution in [1.82, 2.24) is 0 Å². The zero-order valence-electron chi connectivity index (χ0n) is 4.32. The van der Waals surface area contributed by atoms with Crippen molar-refractivity contribution in [2.24, 2.45) is 0 Å². The van der Waals surface area contributed by atoms with Crippen molar-refractivity contribution in [3.63, 3.8) is 0 Å². The van der Waals surface area contributed by atoms with Gasteiger partial charge in [-0.1, -0.05) is 19.4 Å². The van der Waals surface area contributed by atoms with Crippen LogP contribution in [0.2, 0.25) is 0 Å². The molecule has 9 heavy (non-hydrogen) atoms. The number of aliphatic hydroxyl groups is 1. The van der Waals surface area contributed by atoms with Gasteiger partial charge < -0.3 is 5.11 Å². The highest BCUT2D eigenvalue weighted by Crippen LogP contribution is 2.99. The topological polar surface area (TPSA) is 20.2 Å². The Morgan fingerprint density at radius 1 is 1.11 bits per heavy atom. The summed E-state index contributed by atoms with van der Waals surface area (Å²) in [5.41, 5.74) is -3.52. The van der Waals surface area contributed by atoms with Gasteiger partial charge in [0.1, 0.15) is 0 Å². The van der Waals surface area contributed by atoms with E-state index in [1.165, 1.54) is 0 Å². The average molecular weight is 172 g/mol. The number of rotatable bonds is 1. The van der Waals surface area contributed by atoms with Gasteiger partial charge in [-0.3, -0.25) is 0 Å². The molecule has 60 valence electrons. The quantitative estimate of drug-likeness (QED) is 0.603. The summed E-state index contributed by atoms with van der Waals surface area (Å²) in [5.74, 6) is 0. The normalized spacial score (nSPS) is 24.3. The molecule has 0 rings (SSSR count). The van der Waals surface area contributed by atoms with E-state index in [0.29, 0.717) is 0 Å². The van der Waals surface area contributed by atoms with Gasteiger partial charge in [0, 0.05) is 0 Å². The first-order chi connectivity index (χ1) is 3.43. The molecule has 0 aromatic heterocycles. The fourth-order valence-electron chi connectivity index (χ4n) is 0. The van der Waals surface area contributed by atoms with Gasteiger partial charge in [-0.05, 0) is 6.92 Å². The van der Waals surface area contributed by atoms with E-state index in [4.69, 9.17) is 5.11 Å². The largest absolute Gasteiger partial charge is 0.374 e. The second-order valence-electron chi connectivity index (χ2n) is 1.63. The van der Waals surface area contributed by atoms with Gasteiger partial charge in [0.25, 0.3) is 0 Å². The molecule has 0 spiro atoms. The van der Waals surface area contributed by atoms with Crippen molar-refractivity contribution < 1.29 is 24.5 Å². The fourth-order valence-corrected chi connectivity index (χ4v) is 0. The zero-order chi connectivity index (χ0) is 7.99. The van der Waals surface area contributed by atoms with Crippen LogP contribution in [-0.2, 0) is 0 Å². The molecular formula is C2H5F5OS. The van der Waals surface area contributed by atoms with Gasteiger partial charge in [-0.25, -0.2) is 0 Å². The smallest absolute Gasteiger partial charge is 0.308 e. The summed E-state index contributed by atoms with van der Waals surface area (Å²) in [4.78, 5) is 0. The molecule has 0 aliphatic heterocycles. The van der Waals surface area contributed by atoms with Crippen LogP contribution in [0, 0.1) is 0 Å². The molecule has 0 saturated carbocycles. The van der Waals surface area contributed by atoms with Gasteiger partial charge in [-0.2, -0.15) is 0 Å². The Balaban J connectivity index is 4.76. The SMILES string of the molecule is CC(O)S(F)(F)(F)(F)F. The third-order valence-electron chi connectivity index (χ3n) is 0.645. The maximum atomic E-state index is 11.1. The molecule has 0 radical (unpaired) electrons. The number of hydrogen-bond donors (Lipinski definition) is 1. The lowest BCUT2D eigenvalue weighted by Crippen LogP contribution is -2.20. The lowest BCUT2D eigenvalue weighted by molar-refractivity contribution is 0.194. The van der Waals surface area contributed by atoms with Crippen LogP contribution in [0.3, 0.4) is 0 Å². The van der Waals surface area contributed by atoms with Crippen molar-refractivity contribution in [2.75, 3.05) is 0 Å². The number of halogens is 5. The Labute approximate surface area is 48.2 Å². The maximum absolute atomic E-state index is 11.1. The molecule has 7 heteroatoms. The fraction of sp³-hybridized carbons (Fsp3) is 1.00. The molecule has 1 N–H and O–H groups in total. The third kappa shape index (κ3) is 2.85. The molecule has 0 aromatic rings. The van der Waals surface area contributed by atoms with E-state index >= 15 is 0 Å². The monoisotopic (exact) mass is 172 g/mol. The van der Waals surface area contributed by atoms with Crippen LogP contribution in [0.5, 0.6) is 0 Å². The van der Waals surface area contributed by atoms with Crippen LogP contribution in [0.4, 0.5) is 19.4 Å². The van der Waals surface area contributed by atoms with Gasteiger partial charge >= 0.3 is 10.2 Å². The summed E-state index contributed by atoms with van der Waals surface area (Å²) < 4.78 is 55.4. The van der Waals surface area contributed by atoms with Crippen LogP contribution in [0.1, 0.15) is 6.92 Å². The second kappa shape index (κ2) is 1.20. The van der Waals surface area contributed by atoms with E-state index in [1.807, 2.05) is 0 Å². The van der Waals surface area contributed by atoms with Crippen LogP contribution in [0.15, 0.2) is 0 Å². The average Bonchev–Trinajstić information content (AvgIpc) is 1.24. The van der Waals surface area contributed by atoms with Crippen molar-refractivity contribution in [2.45, 2.75) is 12.4 Å². The lowest BCUT2D eigenvalue weighted by atomic mass is 10.9. The van der Waals surface area contributed by atoms with Crippen LogP contribution >= 0.6 is 10.2 Å². The molecule has 0 aliphatic rings. The van der Waals surface area contributed by atoms with Gasteiger partial charge in [0.05, 0.1) is 0 Å². The second-order valence-corrected chi connectivity index (χ2v) is 4.37. The Hall–Kier alpha value is -0.0400. The molecule has 1 nitrogen and oxygen atoms in total. The predicted octanol–water partition coefficient (Wildman–Crippen LogP) is 2.62. The zero-order valence-corrected chi connectivity index (χ0v) is 5.14. The highest BCUT2D eigenvalue weighted by atomic mass is 32.5. The third-order valence-corrected chi connectivity index (χ3v) is 1.93. The molecule has 0 heterocycles. The first-order valence-corrected chi connectivity index (χ1v) is 3.86. The summed E-state index contributed by atoms with van der Waals surface area (Å²) in [6.45, 7) is 0.00154. The molecule has 0 saturated heterocycles. The van der Waals surface area contributed by atoms with Crippen molar-refractivity contribution in [1.29, 1.82) is 0 Å². The summed E-state index contributed by atoms with van der Waals surface area (Å²) >= 11 is 0. The number of aliphatic hydroxyl groups excluding tert-OH is 1. The Bertz CT molecular complexity index is 118. The minimum absolute atomic E-state index is 0.00154. The number of hydrogen-bond acceptors (Lipinski definition) is 1. The summed E-state index contributed by atoms with van der Waals surface area (Å²) in [7, 11) is -9.56. The molecule has 1 unspecified atom stereocenters.